The zero-order chi connectivity index (χ0) is 9.90. The summed E-state index contributed by atoms with van der Waals surface area (Å²) in [6.07, 6.45) is 2.90. The van der Waals surface area contributed by atoms with E-state index in [9.17, 15) is 4.57 Å². The van der Waals surface area contributed by atoms with Gasteiger partial charge in [0.15, 0.2) is 0 Å². The van der Waals surface area contributed by atoms with Crippen LogP contribution in [0.25, 0.3) is 0 Å². The summed E-state index contributed by atoms with van der Waals surface area (Å²) in [4.78, 5) is 17.1. The third-order valence-corrected chi connectivity index (χ3v) is 2.41. The zero-order valence-electron chi connectivity index (χ0n) is 6.92. The van der Waals surface area contributed by atoms with Gasteiger partial charge in [0, 0.05) is 11.9 Å². The molecule has 0 aromatic carbocycles. The second-order valence-corrected chi connectivity index (χ2v) is 4.44. The quantitative estimate of drug-likeness (QED) is 0.561. The maximum atomic E-state index is 10.5. The topological polar surface area (TPSA) is 93.4 Å². The fourth-order valence-electron chi connectivity index (χ4n) is 1.24. The molecule has 5 nitrogen and oxygen atoms in total. The van der Waals surface area contributed by atoms with E-state index in [1.807, 2.05) is 0 Å². The van der Waals surface area contributed by atoms with Gasteiger partial charge in [0.25, 0.3) is 0 Å². The van der Waals surface area contributed by atoms with E-state index in [1.165, 1.54) is 6.08 Å². The molecule has 1 aliphatic rings. The molecule has 1 aliphatic heterocycles. The largest absolute Gasteiger partial charge is 0.348 e. The Morgan fingerprint density at radius 1 is 1.54 bits per heavy atom. The third-order valence-electron chi connectivity index (χ3n) is 1.85. The highest BCUT2D eigenvalue weighted by Crippen LogP contribution is 2.36. The maximum absolute atomic E-state index is 10.5. The Balaban J connectivity index is 2.46. The van der Waals surface area contributed by atoms with Crippen molar-refractivity contribution in [3.05, 3.63) is 11.9 Å². The number of nitriles is 1. The second kappa shape index (κ2) is 4.03. The molecule has 1 saturated heterocycles. The third kappa shape index (κ3) is 3.71. The first-order chi connectivity index (χ1) is 6.01. The van der Waals surface area contributed by atoms with Gasteiger partial charge in [-0.3, -0.25) is 9.88 Å². The molecule has 6 heteroatoms. The van der Waals surface area contributed by atoms with Crippen LogP contribution in [0.5, 0.6) is 0 Å². The molecule has 0 spiro atoms. The molecule has 72 valence electrons. The van der Waals surface area contributed by atoms with Crippen molar-refractivity contribution in [2.24, 2.45) is 0 Å². The standard InChI is InChI=1S/C7H11N2O3P/c8-5-7-2-1-6(9-7)3-4-13(10,11)12/h3-4,6-7,9H,1-2H2,(H2,10,11,12)/b4-3+. The SMILES string of the molecule is N#CC1CCC(/C=C/P(=O)(O)O)N1. The summed E-state index contributed by atoms with van der Waals surface area (Å²) >= 11 is 0. The van der Waals surface area contributed by atoms with Crippen molar-refractivity contribution < 1.29 is 14.4 Å². The number of rotatable bonds is 2. The number of nitrogens with one attached hydrogen (secondary N) is 1. The van der Waals surface area contributed by atoms with Crippen LogP contribution in [0, 0.1) is 11.3 Å². The summed E-state index contributed by atoms with van der Waals surface area (Å²) in [5.41, 5.74) is 0. The van der Waals surface area contributed by atoms with Gasteiger partial charge in [0.1, 0.15) is 0 Å². The van der Waals surface area contributed by atoms with Crippen LogP contribution in [0.1, 0.15) is 12.8 Å². The van der Waals surface area contributed by atoms with E-state index in [1.54, 1.807) is 0 Å². The molecule has 0 amide bonds. The number of nitrogens with zero attached hydrogens (tertiary/aromatic N) is 1. The Morgan fingerprint density at radius 2 is 2.23 bits per heavy atom. The average Bonchev–Trinajstić information content (AvgIpc) is 2.47. The van der Waals surface area contributed by atoms with Crippen molar-refractivity contribution in [1.29, 1.82) is 5.26 Å². The summed E-state index contributed by atoms with van der Waals surface area (Å²) in [7, 11) is -4.05. The van der Waals surface area contributed by atoms with Crippen molar-refractivity contribution >= 4 is 7.60 Å². The van der Waals surface area contributed by atoms with Crippen molar-refractivity contribution in [1.82, 2.24) is 5.32 Å². The Labute approximate surface area is 76.2 Å². The van der Waals surface area contributed by atoms with Gasteiger partial charge in [-0.25, -0.2) is 0 Å². The van der Waals surface area contributed by atoms with Crippen molar-refractivity contribution in [2.45, 2.75) is 24.9 Å². The molecule has 2 unspecified atom stereocenters. The van der Waals surface area contributed by atoms with Gasteiger partial charge >= 0.3 is 7.60 Å². The molecule has 0 aromatic heterocycles. The van der Waals surface area contributed by atoms with Crippen molar-refractivity contribution in [3.63, 3.8) is 0 Å². The molecule has 0 bridgehead atoms. The molecule has 1 fully saturated rings. The first-order valence-electron chi connectivity index (χ1n) is 3.91. The van der Waals surface area contributed by atoms with Crippen LogP contribution in [0.4, 0.5) is 0 Å². The number of hydrogen-bond acceptors (Lipinski definition) is 3. The second-order valence-electron chi connectivity index (χ2n) is 2.96. The van der Waals surface area contributed by atoms with E-state index in [0.717, 1.165) is 18.7 Å². The van der Waals surface area contributed by atoms with Gasteiger partial charge in [-0.1, -0.05) is 6.08 Å². The maximum Gasteiger partial charge on any atom is 0.348 e. The van der Waals surface area contributed by atoms with E-state index in [2.05, 4.69) is 11.4 Å². The molecular weight excluding hydrogens is 191 g/mol. The van der Waals surface area contributed by atoms with Crippen LogP contribution in [0.2, 0.25) is 0 Å². The van der Waals surface area contributed by atoms with E-state index in [4.69, 9.17) is 15.0 Å². The molecular formula is C7H11N2O3P. The lowest BCUT2D eigenvalue weighted by molar-refractivity contribution is 0.386. The average molecular weight is 202 g/mol. The zero-order valence-corrected chi connectivity index (χ0v) is 7.82. The van der Waals surface area contributed by atoms with Gasteiger partial charge in [0.05, 0.1) is 12.1 Å². The normalized spacial score (nSPS) is 29.3. The van der Waals surface area contributed by atoms with Crippen LogP contribution in [0.3, 0.4) is 0 Å². The first kappa shape index (κ1) is 10.4. The predicted molar refractivity (Wildman–Crippen MR) is 46.7 cm³/mol. The van der Waals surface area contributed by atoms with Crippen molar-refractivity contribution in [3.8, 4) is 6.07 Å². The Kier molecular flexibility index (Phi) is 3.23. The summed E-state index contributed by atoms with van der Waals surface area (Å²) in [6, 6.07) is 1.78. The van der Waals surface area contributed by atoms with E-state index < -0.39 is 7.60 Å². The lowest BCUT2D eigenvalue weighted by Crippen LogP contribution is -2.26. The van der Waals surface area contributed by atoms with Crippen LogP contribution < -0.4 is 5.32 Å². The minimum atomic E-state index is -4.05. The van der Waals surface area contributed by atoms with E-state index >= 15 is 0 Å². The summed E-state index contributed by atoms with van der Waals surface area (Å²) in [5.74, 6) is 0.879. The molecule has 0 aliphatic carbocycles. The lowest BCUT2D eigenvalue weighted by atomic mass is 10.2. The van der Waals surface area contributed by atoms with Crippen LogP contribution in [-0.4, -0.2) is 21.9 Å². The predicted octanol–water partition coefficient (Wildman–Crippen LogP) is 0.322. The highest BCUT2D eigenvalue weighted by atomic mass is 31.2. The van der Waals surface area contributed by atoms with E-state index in [0.29, 0.717) is 0 Å². The fraction of sp³-hybridized carbons (Fsp3) is 0.571. The highest BCUT2D eigenvalue weighted by Gasteiger charge is 2.21. The minimum absolute atomic E-state index is 0.0859. The van der Waals surface area contributed by atoms with Crippen LogP contribution in [0.15, 0.2) is 11.9 Å². The first-order valence-corrected chi connectivity index (χ1v) is 5.60. The van der Waals surface area contributed by atoms with Gasteiger partial charge in [-0.05, 0) is 12.8 Å². The molecule has 0 saturated carbocycles. The molecule has 0 radical (unpaired) electrons. The van der Waals surface area contributed by atoms with Crippen LogP contribution in [-0.2, 0) is 4.57 Å². The summed E-state index contributed by atoms with van der Waals surface area (Å²) in [6.45, 7) is 0. The Morgan fingerprint density at radius 3 is 2.69 bits per heavy atom. The summed E-state index contributed by atoms with van der Waals surface area (Å²) < 4.78 is 10.5. The fourth-order valence-corrected chi connectivity index (χ4v) is 1.67. The monoisotopic (exact) mass is 202 g/mol. The molecule has 3 N–H and O–H groups in total. The van der Waals surface area contributed by atoms with Crippen molar-refractivity contribution in [2.75, 3.05) is 0 Å². The highest BCUT2D eigenvalue weighted by molar-refractivity contribution is 7.55. The molecule has 2 atom stereocenters. The molecule has 1 rings (SSSR count). The lowest BCUT2D eigenvalue weighted by Gasteiger charge is -2.04. The smallest absolute Gasteiger partial charge is 0.321 e. The van der Waals surface area contributed by atoms with Crippen LogP contribution >= 0.6 is 7.60 Å². The van der Waals surface area contributed by atoms with Gasteiger partial charge in [-0.2, -0.15) is 5.26 Å². The number of hydrogen-bond donors (Lipinski definition) is 3. The minimum Gasteiger partial charge on any atom is -0.321 e. The molecule has 0 aromatic rings. The molecule has 13 heavy (non-hydrogen) atoms. The summed E-state index contributed by atoms with van der Waals surface area (Å²) in [5, 5.41) is 11.4. The van der Waals surface area contributed by atoms with E-state index in [-0.39, 0.29) is 12.1 Å². The van der Waals surface area contributed by atoms with Gasteiger partial charge in [0.2, 0.25) is 0 Å². The van der Waals surface area contributed by atoms with Gasteiger partial charge in [-0.15, -0.1) is 0 Å². The Hall–Kier alpha value is -0.660. The Bertz CT molecular complexity index is 291. The van der Waals surface area contributed by atoms with Gasteiger partial charge < -0.3 is 9.79 Å². The molecule has 1 heterocycles.